The molecule has 1 aliphatic rings. The molecule has 9 nitrogen and oxygen atoms in total. The summed E-state index contributed by atoms with van der Waals surface area (Å²) in [7, 11) is 0.682. The first-order valence-corrected chi connectivity index (χ1v) is 19.7. The molecule has 0 N–H and O–H groups in total. The number of hydrogen-bond donors (Lipinski definition) is 0. The van der Waals surface area contributed by atoms with Gasteiger partial charge in [-0.15, -0.1) is 0 Å². The van der Waals surface area contributed by atoms with Crippen molar-refractivity contribution < 1.29 is 18.7 Å². The number of rotatable bonds is 10. The molecule has 46 heavy (non-hydrogen) atoms. The van der Waals surface area contributed by atoms with Gasteiger partial charge in [0.25, 0.3) is 0 Å². The Labute approximate surface area is 272 Å². The second kappa shape index (κ2) is 13.9. The minimum Gasteiger partial charge on any atom is -0.444 e. The molecule has 0 bridgehead atoms. The summed E-state index contributed by atoms with van der Waals surface area (Å²) in [6.45, 7) is 16.9. The first-order chi connectivity index (χ1) is 21.7. The Hall–Kier alpha value is -3.80. The van der Waals surface area contributed by atoms with Crippen molar-refractivity contribution in [2.24, 2.45) is 7.05 Å². The summed E-state index contributed by atoms with van der Waals surface area (Å²) in [6.07, 6.45) is 7.43. The lowest BCUT2D eigenvalue weighted by atomic mass is 10.0. The van der Waals surface area contributed by atoms with E-state index in [2.05, 4.69) is 29.6 Å². The molecular weight excluding hydrogens is 600 g/mol. The van der Waals surface area contributed by atoms with Gasteiger partial charge < -0.3 is 14.4 Å². The van der Waals surface area contributed by atoms with Gasteiger partial charge >= 0.3 is 6.09 Å². The van der Waals surface area contributed by atoms with E-state index in [-0.39, 0.29) is 11.9 Å². The second-order valence-electron chi connectivity index (χ2n) is 14.3. The predicted octanol–water partition coefficient (Wildman–Crippen LogP) is 7.11. The van der Waals surface area contributed by atoms with E-state index in [1.807, 2.05) is 81.2 Å². The fourth-order valence-corrected chi connectivity index (χ4v) is 6.14. The third-order valence-corrected chi connectivity index (χ3v) is 9.63. The average Bonchev–Trinajstić information content (AvgIpc) is 3.55. The molecule has 4 aromatic rings. The van der Waals surface area contributed by atoms with Gasteiger partial charge in [-0.3, -0.25) is 9.58 Å². The number of ether oxygens (including phenoxy) is 2. The van der Waals surface area contributed by atoms with Crippen LogP contribution in [0.3, 0.4) is 0 Å². The molecule has 2 aromatic carbocycles. The maximum atomic E-state index is 15.6. The third-order valence-electron chi connectivity index (χ3n) is 7.92. The molecule has 3 heterocycles. The first kappa shape index (κ1) is 33.6. The maximum Gasteiger partial charge on any atom is 0.410 e. The Morgan fingerprint density at radius 1 is 1.04 bits per heavy atom. The Balaban J connectivity index is 1.32. The van der Waals surface area contributed by atoms with Crippen molar-refractivity contribution in [2.45, 2.75) is 65.3 Å². The molecule has 0 atom stereocenters. The number of benzene rings is 2. The largest absolute Gasteiger partial charge is 0.444 e. The van der Waals surface area contributed by atoms with Gasteiger partial charge in [-0.05, 0) is 68.3 Å². The number of halogens is 1. The van der Waals surface area contributed by atoms with Crippen molar-refractivity contribution in [1.29, 1.82) is 0 Å². The van der Waals surface area contributed by atoms with Crippen molar-refractivity contribution in [3.63, 3.8) is 0 Å². The Morgan fingerprint density at radius 3 is 2.46 bits per heavy atom. The summed E-state index contributed by atoms with van der Waals surface area (Å²) < 4.78 is 30.8. The highest BCUT2D eigenvalue weighted by Gasteiger charge is 2.26. The van der Waals surface area contributed by atoms with E-state index < -0.39 is 13.7 Å². The quantitative estimate of drug-likeness (QED) is 0.135. The number of carbonyl (C=O) groups excluding carboxylic acids is 1. The van der Waals surface area contributed by atoms with Crippen LogP contribution in [-0.4, -0.2) is 81.9 Å². The number of aromatic nitrogens is 4. The van der Waals surface area contributed by atoms with Crippen LogP contribution < -0.4 is 0 Å². The smallest absolute Gasteiger partial charge is 0.410 e. The van der Waals surface area contributed by atoms with Crippen LogP contribution in [0.5, 0.6) is 0 Å². The molecule has 0 saturated carbocycles. The normalized spacial score (nSPS) is 14.9. The van der Waals surface area contributed by atoms with E-state index in [0.717, 1.165) is 39.3 Å². The average molecular weight is 647 g/mol. The standard InChI is InChI=1S/C35H47FN6O3Si/c1-35(2,3)45-34(43)41-16-14-40(15-17-41)24-26-8-11-29(31(36)20-26)28-10-13-33-30(21-28)32(12-9-27-22-37-39(4)23-27)38-42(33)25-44-18-19-46(5,6)7/h8-13,20-23H,14-19,24-25H2,1-7H3/b12-9+. The van der Waals surface area contributed by atoms with Gasteiger partial charge in [0, 0.05) is 77.2 Å². The maximum absolute atomic E-state index is 15.6. The van der Waals surface area contributed by atoms with Gasteiger partial charge in [0.2, 0.25) is 0 Å². The molecule has 1 saturated heterocycles. The summed E-state index contributed by atoms with van der Waals surface area (Å²) in [6, 6.07) is 12.5. The van der Waals surface area contributed by atoms with Crippen LogP contribution in [0.15, 0.2) is 48.8 Å². The molecule has 0 radical (unpaired) electrons. The van der Waals surface area contributed by atoms with Crippen LogP contribution in [0.2, 0.25) is 25.7 Å². The van der Waals surface area contributed by atoms with E-state index in [4.69, 9.17) is 14.6 Å². The summed E-state index contributed by atoms with van der Waals surface area (Å²) >= 11 is 0. The summed E-state index contributed by atoms with van der Waals surface area (Å²) in [5, 5.41) is 10.1. The zero-order chi connectivity index (χ0) is 33.1. The van der Waals surface area contributed by atoms with Crippen molar-refractivity contribution in [1.82, 2.24) is 29.4 Å². The molecule has 246 valence electrons. The van der Waals surface area contributed by atoms with Crippen molar-refractivity contribution in [3.05, 3.63) is 71.4 Å². The lowest BCUT2D eigenvalue weighted by Crippen LogP contribution is -2.49. The van der Waals surface area contributed by atoms with E-state index >= 15 is 4.39 Å². The Kier molecular flexibility index (Phi) is 10.1. The molecule has 2 aromatic heterocycles. The van der Waals surface area contributed by atoms with Crippen LogP contribution in [-0.2, 0) is 29.8 Å². The van der Waals surface area contributed by atoms with Crippen LogP contribution in [0, 0.1) is 5.82 Å². The molecular formula is C35H47FN6O3Si. The SMILES string of the molecule is Cn1cc(/C=C/c2nn(COCC[Si](C)(C)C)c3ccc(-c4ccc(CN5CCN(C(=O)OC(C)(C)C)CC5)cc4F)cc23)cn1. The zero-order valence-corrected chi connectivity index (χ0v) is 29.2. The van der Waals surface area contributed by atoms with Gasteiger partial charge in [0.1, 0.15) is 18.1 Å². The van der Waals surface area contributed by atoms with Gasteiger partial charge in [-0.2, -0.15) is 10.2 Å². The molecule has 11 heteroatoms. The number of carbonyl (C=O) groups is 1. The summed E-state index contributed by atoms with van der Waals surface area (Å²) in [5.74, 6) is -0.265. The number of piperazine rings is 1. The summed E-state index contributed by atoms with van der Waals surface area (Å²) in [4.78, 5) is 16.4. The Bertz CT molecular complexity index is 1690. The van der Waals surface area contributed by atoms with Crippen LogP contribution in [0.4, 0.5) is 9.18 Å². The third kappa shape index (κ3) is 8.92. The first-order valence-electron chi connectivity index (χ1n) is 16.0. The fourth-order valence-electron chi connectivity index (χ4n) is 5.39. The minimum atomic E-state index is -1.20. The molecule has 0 spiro atoms. The van der Waals surface area contributed by atoms with E-state index in [1.165, 1.54) is 0 Å². The zero-order valence-electron chi connectivity index (χ0n) is 28.2. The molecule has 1 amide bonds. The number of amides is 1. The van der Waals surface area contributed by atoms with Crippen LogP contribution in [0.25, 0.3) is 34.2 Å². The van der Waals surface area contributed by atoms with Gasteiger partial charge in [-0.25, -0.2) is 13.9 Å². The molecule has 1 aliphatic heterocycles. The number of hydrogen-bond acceptors (Lipinski definition) is 6. The van der Waals surface area contributed by atoms with Gasteiger partial charge in [-0.1, -0.05) is 37.8 Å². The number of aryl methyl sites for hydroxylation is 1. The molecule has 5 rings (SSSR count). The number of nitrogens with zero attached hydrogens (tertiary/aromatic N) is 6. The van der Waals surface area contributed by atoms with Crippen LogP contribution in [0.1, 0.15) is 37.6 Å². The summed E-state index contributed by atoms with van der Waals surface area (Å²) in [5.41, 5.74) is 4.41. The van der Waals surface area contributed by atoms with E-state index in [0.29, 0.717) is 51.6 Å². The second-order valence-corrected chi connectivity index (χ2v) is 19.9. The Morgan fingerprint density at radius 2 is 1.80 bits per heavy atom. The molecule has 1 fully saturated rings. The predicted molar refractivity (Wildman–Crippen MR) is 184 cm³/mol. The fraction of sp³-hybridized carbons (Fsp3) is 0.457. The minimum absolute atomic E-state index is 0.265. The van der Waals surface area contributed by atoms with E-state index in [9.17, 15) is 4.79 Å². The highest BCUT2D eigenvalue weighted by atomic mass is 28.3. The lowest BCUT2D eigenvalue weighted by Gasteiger charge is -2.35. The molecule has 0 unspecified atom stereocenters. The number of fused-ring (bicyclic) bond motifs is 1. The van der Waals surface area contributed by atoms with Crippen LogP contribution >= 0.6 is 0 Å². The van der Waals surface area contributed by atoms with Crippen molar-refractivity contribution >= 4 is 37.2 Å². The van der Waals surface area contributed by atoms with E-state index in [1.54, 1.807) is 21.8 Å². The van der Waals surface area contributed by atoms with Gasteiger partial charge in [0.15, 0.2) is 0 Å². The highest BCUT2D eigenvalue weighted by molar-refractivity contribution is 6.76. The topological polar surface area (TPSA) is 77.7 Å². The van der Waals surface area contributed by atoms with Crippen molar-refractivity contribution in [3.8, 4) is 11.1 Å². The van der Waals surface area contributed by atoms with Gasteiger partial charge in [0.05, 0.1) is 17.4 Å². The highest BCUT2D eigenvalue weighted by Crippen LogP contribution is 2.30. The lowest BCUT2D eigenvalue weighted by molar-refractivity contribution is 0.0139. The molecule has 0 aliphatic carbocycles. The monoisotopic (exact) mass is 646 g/mol. The van der Waals surface area contributed by atoms with Crippen molar-refractivity contribution in [2.75, 3.05) is 32.8 Å².